The van der Waals surface area contributed by atoms with Crippen LogP contribution in [0.5, 0.6) is 0 Å². The molecule has 0 spiro atoms. The Morgan fingerprint density at radius 3 is 2.67 bits per heavy atom. The van der Waals surface area contributed by atoms with Crippen LogP contribution in [0.3, 0.4) is 0 Å². The standard InChI is InChI=1S/C14H19N/c1-3-13(2)8-7-11-15-12-14-9-5-4-6-10-14/h3-10,15H,11-12H2,1-2H3/b8-7+,13-3-. The van der Waals surface area contributed by atoms with Crippen LogP contribution in [0.2, 0.25) is 0 Å². The summed E-state index contributed by atoms with van der Waals surface area (Å²) in [5, 5.41) is 3.37. The van der Waals surface area contributed by atoms with Crippen molar-refractivity contribution in [1.82, 2.24) is 5.32 Å². The molecule has 1 aromatic carbocycles. The summed E-state index contributed by atoms with van der Waals surface area (Å²) in [7, 11) is 0. The minimum atomic E-state index is 0.917. The molecule has 0 aliphatic heterocycles. The quantitative estimate of drug-likeness (QED) is 0.569. The fourth-order valence-electron chi connectivity index (χ4n) is 1.24. The lowest BCUT2D eigenvalue weighted by Crippen LogP contribution is -2.12. The first kappa shape index (κ1) is 11.7. The van der Waals surface area contributed by atoms with E-state index in [1.165, 1.54) is 11.1 Å². The van der Waals surface area contributed by atoms with Gasteiger partial charge in [-0.15, -0.1) is 0 Å². The molecule has 0 heterocycles. The molecule has 0 aromatic heterocycles. The molecule has 1 N–H and O–H groups in total. The maximum atomic E-state index is 3.37. The maximum Gasteiger partial charge on any atom is 0.0208 e. The second-order valence-electron chi connectivity index (χ2n) is 3.55. The third kappa shape index (κ3) is 5.18. The third-order valence-electron chi connectivity index (χ3n) is 2.27. The van der Waals surface area contributed by atoms with Crippen LogP contribution >= 0.6 is 0 Å². The molecule has 0 radical (unpaired) electrons. The number of benzene rings is 1. The fraction of sp³-hybridized carbons (Fsp3) is 0.286. The Kier molecular flexibility index (Phi) is 5.49. The van der Waals surface area contributed by atoms with Gasteiger partial charge in [-0.05, 0) is 19.4 Å². The first-order valence-corrected chi connectivity index (χ1v) is 5.37. The van der Waals surface area contributed by atoms with Gasteiger partial charge in [0.05, 0.1) is 0 Å². The Hall–Kier alpha value is -1.34. The molecule has 0 aliphatic rings. The van der Waals surface area contributed by atoms with Crippen molar-refractivity contribution in [2.45, 2.75) is 20.4 Å². The zero-order valence-electron chi connectivity index (χ0n) is 9.53. The SMILES string of the molecule is C/C=C(C)\C=C\CNCc1ccccc1. The minimum absolute atomic E-state index is 0.917. The highest BCUT2D eigenvalue weighted by molar-refractivity contribution is 5.16. The van der Waals surface area contributed by atoms with Crippen molar-refractivity contribution in [2.75, 3.05) is 6.54 Å². The van der Waals surface area contributed by atoms with E-state index in [0.717, 1.165) is 13.1 Å². The molecule has 0 saturated heterocycles. The smallest absolute Gasteiger partial charge is 0.0208 e. The summed E-state index contributed by atoms with van der Waals surface area (Å²) in [6.45, 7) is 6.00. The van der Waals surface area contributed by atoms with Gasteiger partial charge in [-0.3, -0.25) is 0 Å². The predicted molar refractivity (Wildman–Crippen MR) is 66.7 cm³/mol. The maximum absolute atomic E-state index is 3.37. The number of hydrogen-bond donors (Lipinski definition) is 1. The van der Waals surface area contributed by atoms with E-state index in [4.69, 9.17) is 0 Å². The zero-order valence-corrected chi connectivity index (χ0v) is 9.53. The van der Waals surface area contributed by atoms with Gasteiger partial charge in [-0.2, -0.15) is 0 Å². The Labute approximate surface area is 92.5 Å². The van der Waals surface area contributed by atoms with Gasteiger partial charge in [0, 0.05) is 13.1 Å². The lowest BCUT2D eigenvalue weighted by molar-refractivity contribution is 0.759. The number of hydrogen-bond acceptors (Lipinski definition) is 1. The minimum Gasteiger partial charge on any atom is -0.309 e. The molecule has 1 rings (SSSR count). The van der Waals surface area contributed by atoms with Crippen LogP contribution in [0.25, 0.3) is 0 Å². The molecule has 15 heavy (non-hydrogen) atoms. The van der Waals surface area contributed by atoms with Crippen LogP contribution in [-0.2, 0) is 6.54 Å². The molecule has 0 atom stereocenters. The predicted octanol–water partition coefficient (Wildman–Crippen LogP) is 3.30. The van der Waals surface area contributed by atoms with Crippen LogP contribution in [0.4, 0.5) is 0 Å². The molecule has 0 fully saturated rings. The third-order valence-corrected chi connectivity index (χ3v) is 2.27. The molecule has 0 saturated carbocycles. The van der Waals surface area contributed by atoms with Gasteiger partial charge in [-0.1, -0.05) is 54.1 Å². The highest BCUT2D eigenvalue weighted by Gasteiger charge is 1.87. The normalized spacial score (nSPS) is 12.3. The molecule has 1 aromatic rings. The van der Waals surface area contributed by atoms with Crippen molar-refractivity contribution in [3.63, 3.8) is 0 Å². The Morgan fingerprint density at radius 2 is 2.00 bits per heavy atom. The van der Waals surface area contributed by atoms with Crippen LogP contribution in [0, 0.1) is 0 Å². The first-order chi connectivity index (χ1) is 7.33. The Balaban J connectivity index is 2.20. The van der Waals surface area contributed by atoms with Crippen molar-refractivity contribution in [2.24, 2.45) is 0 Å². The summed E-state index contributed by atoms with van der Waals surface area (Å²) in [4.78, 5) is 0. The molecule has 0 unspecified atom stereocenters. The van der Waals surface area contributed by atoms with Gasteiger partial charge in [-0.25, -0.2) is 0 Å². The molecule has 80 valence electrons. The summed E-state index contributed by atoms with van der Waals surface area (Å²) >= 11 is 0. The molecular formula is C14H19N. The van der Waals surface area contributed by atoms with Gasteiger partial charge >= 0.3 is 0 Å². The van der Waals surface area contributed by atoms with Crippen molar-refractivity contribution in [1.29, 1.82) is 0 Å². The second-order valence-corrected chi connectivity index (χ2v) is 3.55. The van der Waals surface area contributed by atoms with E-state index in [1.807, 2.05) is 6.07 Å². The van der Waals surface area contributed by atoms with Gasteiger partial charge in [0.15, 0.2) is 0 Å². The summed E-state index contributed by atoms with van der Waals surface area (Å²) in [5.41, 5.74) is 2.63. The molecule has 1 heteroatoms. The van der Waals surface area contributed by atoms with Gasteiger partial charge < -0.3 is 5.32 Å². The summed E-state index contributed by atoms with van der Waals surface area (Å²) in [5.74, 6) is 0. The van der Waals surface area contributed by atoms with E-state index in [1.54, 1.807) is 0 Å². The monoisotopic (exact) mass is 201 g/mol. The summed E-state index contributed by atoms with van der Waals surface area (Å²) in [6.07, 6.45) is 6.39. The second kappa shape index (κ2) is 7.02. The topological polar surface area (TPSA) is 12.0 Å². The zero-order chi connectivity index (χ0) is 10.9. The van der Waals surface area contributed by atoms with Gasteiger partial charge in [0.25, 0.3) is 0 Å². The van der Waals surface area contributed by atoms with Crippen LogP contribution in [0.1, 0.15) is 19.4 Å². The van der Waals surface area contributed by atoms with Crippen molar-refractivity contribution in [3.05, 3.63) is 59.7 Å². The fourth-order valence-corrected chi connectivity index (χ4v) is 1.24. The van der Waals surface area contributed by atoms with Crippen molar-refractivity contribution >= 4 is 0 Å². The largest absolute Gasteiger partial charge is 0.309 e. The Morgan fingerprint density at radius 1 is 1.27 bits per heavy atom. The molecule has 0 aliphatic carbocycles. The van der Waals surface area contributed by atoms with Crippen LogP contribution < -0.4 is 5.32 Å². The number of allylic oxidation sites excluding steroid dienone is 3. The molecule has 0 amide bonds. The van der Waals surface area contributed by atoms with Gasteiger partial charge in [0.1, 0.15) is 0 Å². The van der Waals surface area contributed by atoms with E-state index in [-0.39, 0.29) is 0 Å². The molecule has 0 bridgehead atoms. The Bertz CT molecular complexity index is 322. The average Bonchev–Trinajstić information content (AvgIpc) is 2.29. The lowest BCUT2D eigenvalue weighted by Gasteiger charge is -2.01. The van der Waals surface area contributed by atoms with E-state index in [2.05, 4.69) is 61.7 Å². The van der Waals surface area contributed by atoms with E-state index < -0.39 is 0 Å². The summed E-state index contributed by atoms with van der Waals surface area (Å²) in [6, 6.07) is 10.4. The highest BCUT2D eigenvalue weighted by atomic mass is 14.8. The van der Waals surface area contributed by atoms with E-state index >= 15 is 0 Å². The average molecular weight is 201 g/mol. The number of nitrogens with one attached hydrogen (secondary N) is 1. The number of rotatable bonds is 5. The van der Waals surface area contributed by atoms with Gasteiger partial charge in [0.2, 0.25) is 0 Å². The van der Waals surface area contributed by atoms with Crippen LogP contribution in [0.15, 0.2) is 54.1 Å². The highest BCUT2D eigenvalue weighted by Crippen LogP contribution is 1.97. The van der Waals surface area contributed by atoms with Crippen LogP contribution in [-0.4, -0.2) is 6.54 Å². The lowest BCUT2D eigenvalue weighted by atomic mass is 10.2. The molecular weight excluding hydrogens is 182 g/mol. The van der Waals surface area contributed by atoms with Crippen molar-refractivity contribution in [3.8, 4) is 0 Å². The molecule has 1 nitrogen and oxygen atoms in total. The summed E-state index contributed by atoms with van der Waals surface area (Å²) < 4.78 is 0. The van der Waals surface area contributed by atoms with E-state index in [9.17, 15) is 0 Å². The van der Waals surface area contributed by atoms with E-state index in [0.29, 0.717) is 0 Å². The van der Waals surface area contributed by atoms with Crippen molar-refractivity contribution < 1.29 is 0 Å². The first-order valence-electron chi connectivity index (χ1n) is 5.37.